The van der Waals surface area contributed by atoms with Crippen molar-refractivity contribution in [2.24, 2.45) is 22.2 Å². The van der Waals surface area contributed by atoms with E-state index >= 15 is 0 Å². The lowest BCUT2D eigenvalue weighted by Crippen LogP contribution is -2.61. The number of hydrogen-bond donors (Lipinski definition) is 0. The Morgan fingerprint density at radius 3 is 2.46 bits per heavy atom. The molecule has 0 spiro atoms. The molecule has 3 heterocycles. The number of nitriles is 2. The Balaban J connectivity index is 1.63. The number of hydrogen-bond acceptors (Lipinski definition) is 4. The Labute approximate surface area is 211 Å². The van der Waals surface area contributed by atoms with Gasteiger partial charge in [-0.05, 0) is 60.4 Å². The topological polar surface area (TPSA) is 60.0 Å². The van der Waals surface area contributed by atoms with E-state index in [1.54, 1.807) is 11.6 Å². The predicted octanol–water partition coefficient (Wildman–Crippen LogP) is 7.13. The molecule has 0 radical (unpaired) electrons. The van der Waals surface area contributed by atoms with Crippen LogP contribution in [0.2, 0.25) is 0 Å². The molecule has 4 rings (SSSR count). The maximum absolute atomic E-state index is 9.40. The SMILES string of the molecule is CC(C)(C)C1=CC(=C(C#N)C#N)C=C(C=CC2=CCC3C(=C2)C(C)(C)CN2CCCC(C)(C)C32)O1. The second kappa shape index (κ2) is 9.00. The molecule has 0 N–H and O–H groups in total. The van der Waals surface area contributed by atoms with Crippen molar-refractivity contribution in [1.82, 2.24) is 4.90 Å². The van der Waals surface area contributed by atoms with Gasteiger partial charge in [-0.3, -0.25) is 4.90 Å². The van der Waals surface area contributed by atoms with Crippen LogP contribution < -0.4 is 0 Å². The van der Waals surface area contributed by atoms with Gasteiger partial charge >= 0.3 is 0 Å². The van der Waals surface area contributed by atoms with Gasteiger partial charge < -0.3 is 4.74 Å². The fourth-order valence-electron chi connectivity index (χ4n) is 6.39. The summed E-state index contributed by atoms with van der Waals surface area (Å²) in [7, 11) is 0. The van der Waals surface area contributed by atoms with Crippen LogP contribution in [0.25, 0.3) is 0 Å². The van der Waals surface area contributed by atoms with Crippen LogP contribution in [0.15, 0.2) is 70.3 Å². The van der Waals surface area contributed by atoms with E-state index in [9.17, 15) is 10.5 Å². The third kappa shape index (κ3) is 4.96. The van der Waals surface area contributed by atoms with E-state index in [1.165, 1.54) is 25.0 Å². The van der Waals surface area contributed by atoms with Crippen molar-refractivity contribution >= 4 is 0 Å². The van der Waals surface area contributed by atoms with Crippen LogP contribution in [0.3, 0.4) is 0 Å². The zero-order valence-electron chi connectivity index (χ0n) is 22.4. The molecule has 0 aromatic heterocycles. The van der Waals surface area contributed by atoms with E-state index in [1.807, 2.05) is 24.3 Å². The summed E-state index contributed by atoms with van der Waals surface area (Å²) in [5.74, 6) is 1.97. The molecule has 2 unspecified atom stereocenters. The molecule has 4 heteroatoms. The molecule has 1 aliphatic carbocycles. The highest BCUT2D eigenvalue weighted by molar-refractivity contribution is 5.54. The summed E-state index contributed by atoms with van der Waals surface area (Å²) in [6.07, 6.45) is 16.1. The number of piperidine rings is 2. The monoisotopic (exact) mass is 469 g/mol. The lowest BCUT2D eigenvalue weighted by atomic mass is 9.59. The molecule has 0 aromatic carbocycles. The van der Waals surface area contributed by atoms with Gasteiger partial charge in [0, 0.05) is 29.5 Å². The van der Waals surface area contributed by atoms with E-state index in [4.69, 9.17) is 4.74 Å². The zero-order valence-corrected chi connectivity index (χ0v) is 22.4. The molecule has 4 nitrogen and oxygen atoms in total. The van der Waals surface area contributed by atoms with Gasteiger partial charge in [0.25, 0.3) is 0 Å². The largest absolute Gasteiger partial charge is 0.461 e. The van der Waals surface area contributed by atoms with E-state index in [0.717, 1.165) is 18.7 Å². The van der Waals surface area contributed by atoms with Gasteiger partial charge in [0.1, 0.15) is 29.2 Å². The van der Waals surface area contributed by atoms with Gasteiger partial charge in [-0.1, -0.05) is 72.3 Å². The first-order valence-corrected chi connectivity index (χ1v) is 12.9. The molecular formula is C31H39N3O. The molecule has 0 saturated carbocycles. The number of allylic oxidation sites excluding steroid dienone is 10. The van der Waals surface area contributed by atoms with E-state index in [0.29, 0.717) is 28.7 Å². The highest BCUT2D eigenvalue weighted by atomic mass is 16.5. The molecule has 0 amide bonds. The van der Waals surface area contributed by atoms with E-state index in [2.05, 4.69) is 71.6 Å². The maximum Gasteiger partial charge on any atom is 0.137 e. The van der Waals surface area contributed by atoms with Crippen LogP contribution in [-0.2, 0) is 4.74 Å². The van der Waals surface area contributed by atoms with Crippen molar-refractivity contribution in [2.75, 3.05) is 13.1 Å². The summed E-state index contributed by atoms with van der Waals surface area (Å²) in [6, 6.07) is 4.63. The Bertz CT molecular complexity index is 1150. The zero-order chi connectivity index (χ0) is 25.6. The van der Waals surface area contributed by atoms with Gasteiger partial charge in [0.15, 0.2) is 0 Å². The minimum Gasteiger partial charge on any atom is -0.461 e. The quantitative estimate of drug-likeness (QED) is 0.404. The highest BCUT2D eigenvalue weighted by Crippen LogP contribution is 2.52. The summed E-state index contributed by atoms with van der Waals surface area (Å²) >= 11 is 0. The second-order valence-electron chi connectivity index (χ2n) is 12.8. The average Bonchev–Trinajstić information content (AvgIpc) is 2.77. The lowest BCUT2D eigenvalue weighted by molar-refractivity contribution is -0.0376. The van der Waals surface area contributed by atoms with Crippen molar-refractivity contribution in [3.8, 4) is 12.1 Å². The molecule has 2 fully saturated rings. The average molecular weight is 470 g/mol. The maximum atomic E-state index is 9.40. The number of fused-ring (bicyclic) bond motifs is 3. The molecule has 184 valence electrons. The fourth-order valence-corrected chi connectivity index (χ4v) is 6.39. The molecule has 3 aliphatic heterocycles. The molecule has 2 saturated heterocycles. The number of nitrogens with zero attached hydrogens (tertiary/aromatic N) is 3. The minimum absolute atomic E-state index is 0.103. The number of ether oxygens (including phenoxy) is 1. The third-order valence-corrected chi connectivity index (χ3v) is 8.05. The summed E-state index contributed by atoms with van der Waals surface area (Å²) < 4.78 is 6.18. The van der Waals surface area contributed by atoms with Gasteiger partial charge in [-0.2, -0.15) is 10.5 Å². The fraction of sp³-hybridized carbons (Fsp3) is 0.548. The van der Waals surface area contributed by atoms with Crippen LogP contribution in [0.1, 0.15) is 67.7 Å². The summed E-state index contributed by atoms with van der Waals surface area (Å²) in [5, 5.41) is 18.8. The van der Waals surface area contributed by atoms with Crippen molar-refractivity contribution in [1.29, 1.82) is 10.5 Å². The normalized spacial score (nSPS) is 27.7. The summed E-state index contributed by atoms with van der Waals surface area (Å²) in [4.78, 5) is 2.76. The Hall–Kier alpha value is -2.82. The highest BCUT2D eigenvalue weighted by Gasteiger charge is 2.50. The first kappa shape index (κ1) is 25.3. The van der Waals surface area contributed by atoms with Crippen molar-refractivity contribution < 1.29 is 4.74 Å². The molecular weight excluding hydrogens is 430 g/mol. The molecule has 0 bridgehead atoms. The molecule has 35 heavy (non-hydrogen) atoms. The van der Waals surface area contributed by atoms with Gasteiger partial charge in [-0.25, -0.2) is 0 Å². The van der Waals surface area contributed by atoms with Crippen LogP contribution >= 0.6 is 0 Å². The molecule has 4 aliphatic rings. The van der Waals surface area contributed by atoms with Crippen LogP contribution in [0, 0.1) is 44.8 Å². The number of rotatable bonds is 2. The van der Waals surface area contributed by atoms with Crippen LogP contribution in [-0.4, -0.2) is 24.0 Å². The summed E-state index contributed by atoms with van der Waals surface area (Å²) in [5.41, 5.74) is 3.73. The van der Waals surface area contributed by atoms with Gasteiger partial charge in [0.05, 0.1) is 0 Å². The Morgan fingerprint density at radius 2 is 1.80 bits per heavy atom. The van der Waals surface area contributed by atoms with Gasteiger partial charge in [-0.15, -0.1) is 0 Å². The van der Waals surface area contributed by atoms with Crippen molar-refractivity contribution in [3.05, 3.63) is 70.3 Å². The van der Waals surface area contributed by atoms with Crippen molar-refractivity contribution in [2.45, 2.75) is 73.8 Å². The minimum atomic E-state index is -0.237. The first-order chi connectivity index (χ1) is 16.4. The predicted molar refractivity (Wildman–Crippen MR) is 141 cm³/mol. The van der Waals surface area contributed by atoms with E-state index in [-0.39, 0.29) is 16.4 Å². The summed E-state index contributed by atoms with van der Waals surface area (Å²) in [6.45, 7) is 18.2. The Kier molecular flexibility index (Phi) is 6.50. The smallest absolute Gasteiger partial charge is 0.137 e. The van der Waals surface area contributed by atoms with Gasteiger partial charge in [0.2, 0.25) is 0 Å². The Morgan fingerprint density at radius 1 is 1.09 bits per heavy atom. The van der Waals surface area contributed by atoms with Crippen molar-refractivity contribution in [3.63, 3.8) is 0 Å². The lowest BCUT2D eigenvalue weighted by Gasteiger charge is -2.58. The van der Waals surface area contributed by atoms with Crippen LogP contribution in [0.5, 0.6) is 0 Å². The van der Waals surface area contributed by atoms with Crippen LogP contribution in [0.4, 0.5) is 0 Å². The molecule has 0 aromatic rings. The van der Waals surface area contributed by atoms with E-state index < -0.39 is 0 Å². The molecule has 2 atom stereocenters. The second-order valence-corrected chi connectivity index (χ2v) is 12.8. The third-order valence-electron chi connectivity index (χ3n) is 8.05. The standard InChI is InChI=1S/C31H39N3O/c1-29(2,3)27-17-22(23(18-32)19-33)16-24(35-27)11-9-21-10-12-25-26(15-21)31(6,7)20-34-14-8-13-30(4,5)28(25)34/h9-11,15-17,25,28H,8,12-14,20H2,1-7H3. The first-order valence-electron chi connectivity index (χ1n) is 12.9.